The van der Waals surface area contributed by atoms with Crippen LogP contribution in [0.3, 0.4) is 0 Å². The van der Waals surface area contributed by atoms with Gasteiger partial charge in [0.05, 0.1) is 38.0 Å². The van der Waals surface area contributed by atoms with Crippen LogP contribution in [0.2, 0.25) is 0 Å². The predicted molar refractivity (Wildman–Crippen MR) is 284 cm³/mol. The second-order valence-corrected chi connectivity index (χ2v) is 19.5. The van der Waals surface area contributed by atoms with Crippen LogP contribution in [0.1, 0.15) is 129 Å². The van der Waals surface area contributed by atoms with Crippen LogP contribution in [-0.2, 0) is 64.3 Å². The van der Waals surface area contributed by atoms with Gasteiger partial charge in [0.25, 0.3) is 0 Å². The van der Waals surface area contributed by atoms with E-state index in [1.165, 1.54) is 57.8 Å². The number of cyclic esters (lactones) is 2. The molecule has 2 aliphatic heterocycles. The van der Waals surface area contributed by atoms with Crippen molar-refractivity contribution in [3.05, 3.63) is 179 Å². The van der Waals surface area contributed by atoms with Crippen LogP contribution in [0.4, 0.5) is 9.59 Å². The third-order valence-corrected chi connectivity index (χ3v) is 13.8. The molecule has 0 aliphatic carbocycles. The number of benzene rings is 5. The molecular weight excluding hydrogens is 935 g/mol. The van der Waals surface area contributed by atoms with Gasteiger partial charge < -0.3 is 37.9 Å². The Balaban J connectivity index is 1.07. The lowest BCUT2D eigenvalue weighted by molar-refractivity contribution is -0.231. The standard InChI is InChI=1S/C62H77NO11/c1-2-3-4-5-6-7-8-9-10-11-12-28-39-54-57(74-62(66)72-54)53(63(42-48-29-18-13-19-30-48)61(65)71-45-51-35-24-16-25-36-51)40-41-67-46-55-59(73-60(64)52-37-26-17-27-38-52)58(70-44-50-33-22-15-23-34-50)56(47-69-55)68-43-49-31-20-14-21-32-49/h13-27,29-38,53-59H,2-12,28,39-47H2,1H3/t53-,54?,55?,56-,57-,58?,59-/m0/s1. The molecule has 5 aromatic carbocycles. The Bertz CT molecular complexity index is 2320. The first-order chi connectivity index (χ1) is 36.4. The molecule has 0 bridgehead atoms. The van der Waals surface area contributed by atoms with Crippen LogP contribution in [0.15, 0.2) is 152 Å². The molecule has 2 heterocycles. The minimum Gasteiger partial charge on any atom is -0.453 e. The number of amides is 1. The summed E-state index contributed by atoms with van der Waals surface area (Å²) < 4.78 is 50.6. The quantitative estimate of drug-likeness (QED) is 0.0232. The highest BCUT2D eigenvalue weighted by atomic mass is 16.8. The molecular formula is C62H77NO11. The zero-order valence-electron chi connectivity index (χ0n) is 43.3. The van der Waals surface area contributed by atoms with E-state index in [1.807, 2.05) is 127 Å². The summed E-state index contributed by atoms with van der Waals surface area (Å²) in [5.74, 6) is -0.533. The Morgan fingerprint density at radius 2 is 1.09 bits per heavy atom. The lowest BCUT2D eigenvalue weighted by Gasteiger charge is -2.41. The van der Waals surface area contributed by atoms with E-state index >= 15 is 0 Å². The number of carbonyl (C=O) groups excluding carboxylic acids is 3. The van der Waals surface area contributed by atoms with Crippen molar-refractivity contribution in [2.45, 2.75) is 166 Å². The molecule has 7 rings (SSSR count). The average molecular weight is 1010 g/mol. The van der Waals surface area contributed by atoms with E-state index < -0.39 is 60.9 Å². The molecule has 2 saturated heterocycles. The predicted octanol–water partition coefficient (Wildman–Crippen LogP) is 13.4. The van der Waals surface area contributed by atoms with Crippen molar-refractivity contribution >= 4 is 18.2 Å². The molecule has 5 aromatic rings. The summed E-state index contributed by atoms with van der Waals surface area (Å²) in [5.41, 5.74) is 4.03. The van der Waals surface area contributed by atoms with Gasteiger partial charge in [0.15, 0.2) is 12.2 Å². The Kier molecular flexibility index (Phi) is 23.8. The summed E-state index contributed by atoms with van der Waals surface area (Å²) in [6.07, 6.45) is 9.60. The second-order valence-electron chi connectivity index (χ2n) is 19.5. The molecule has 2 fully saturated rings. The van der Waals surface area contributed by atoms with E-state index in [2.05, 4.69) is 6.92 Å². The number of esters is 1. The normalized spacial score (nSPS) is 19.8. The second kappa shape index (κ2) is 31.6. The van der Waals surface area contributed by atoms with Crippen molar-refractivity contribution in [2.24, 2.45) is 0 Å². The van der Waals surface area contributed by atoms with Crippen molar-refractivity contribution in [1.82, 2.24) is 4.90 Å². The lowest BCUT2D eigenvalue weighted by atomic mass is 9.96. The molecule has 2 aliphatic rings. The van der Waals surface area contributed by atoms with Crippen molar-refractivity contribution in [3.63, 3.8) is 0 Å². The molecule has 12 nitrogen and oxygen atoms in total. The highest BCUT2D eigenvalue weighted by molar-refractivity contribution is 5.89. The van der Waals surface area contributed by atoms with E-state index in [0.717, 1.165) is 41.5 Å². The van der Waals surface area contributed by atoms with Crippen molar-refractivity contribution in [3.8, 4) is 0 Å². The van der Waals surface area contributed by atoms with Crippen LogP contribution < -0.4 is 0 Å². The Morgan fingerprint density at radius 3 is 1.68 bits per heavy atom. The molecule has 0 aromatic heterocycles. The minimum atomic E-state index is -0.941. The highest BCUT2D eigenvalue weighted by Gasteiger charge is 2.47. The maximum atomic E-state index is 14.5. The number of carbonyl (C=O) groups is 3. The molecule has 7 atom stereocenters. The summed E-state index contributed by atoms with van der Waals surface area (Å²) in [7, 11) is 0. The molecule has 0 radical (unpaired) electrons. The number of rotatable bonds is 32. The van der Waals surface area contributed by atoms with Gasteiger partial charge in [-0.1, -0.05) is 217 Å². The van der Waals surface area contributed by atoms with Gasteiger partial charge in [-0.15, -0.1) is 0 Å². The largest absolute Gasteiger partial charge is 0.509 e. The monoisotopic (exact) mass is 1010 g/mol. The smallest absolute Gasteiger partial charge is 0.453 e. The molecule has 74 heavy (non-hydrogen) atoms. The molecule has 12 heteroatoms. The molecule has 1 amide bonds. The fraction of sp³-hybridized carbons (Fsp3) is 0.468. The first kappa shape index (κ1) is 55.7. The van der Waals surface area contributed by atoms with Gasteiger partial charge in [-0.3, -0.25) is 4.90 Å². The van der Waals surface area contributed by atoms with Gasteiger partial charge in [-0.2, -0.15) is 0 Å². The van der Waals surface area contributed by atoms with E-state index in [0.29, 0.717) is 18.6 Å². The SMILES string of the molecule is CCCCCCCCCCCCCCC1OC(=O)O[C@H]1[C@H](CCOCC1OC[C@H](OCc2ccccc2)C(OCc2ccccc2)[C@H]1OC(=O)c1ccccc1)N(Cc1ccccc1)C(=O)OCc1ccccc1. The fourth-order valence-corrected chi connectivity index (χ4v) is 9.71. The van der Waals surface area contributed by atoms with E-state index in [9.17, 15) is 14.4 Å². The van der Waals surface area contributed by atoms with Crippen LogP contribution in [0.25, 0.3) is 0 Å². The summed E-state index contributed by atoms with van der Waals surface area (Å²) in [6.45, 7) is 3.31. The summed E-state index contributed by atoms with van der Waals surface area (Å²) in [5, 5.41) is 0. The minimum absolute atomic E-state index is 0.0104. The highest BCUT2D eigenvalue weighted by Crippen LogP contribution is 2.31. The van der Waals surface area contributed by atoms with Crippen molar-refractivity contribution in [2.75, 3.05) is 19.8 Å². The van der Waals surface area contributed by atoms with Crippen LogP contribution in [0, 0.1) is 0 Å². The number of hydrogen-bond acceptors (Lipinski definition) is 11. The summed E-state index contributed by atoms with van der Waals surface area (Å²) >= 11 is 0. The fourth-order valence-electron chi connectivity index (χ4n) is 9.71. The van der Waals surface area contributed by atoms with Crippen LogP contribution >= 0.6 is 0 Å². The number of nitrogens with zero attached hydrogens (tertiary/aromatic N) is 1. The Morgan fingerprint density at radius 1 is 0.581 bits per heavy atom. The van der Waals surface area contributed by atoms with Gasteiger partial charge in [0, 0.05) is 13.2 Å². The molecule has 0 N–H and O–H groups in total. The topological polar surface area (TPSA) is 128 Å². The first-order valence-electron chi connectivity index (χ1n) is 27.1. The lowest BCUT2D eigenvalue weighted by Crippen LogP contribution is -2.58. The number of ether oxygens (including phenoxy) is 8. The van der Waals surface area contributed by atoms with Gasteiger partial charge >= 0.3 is 18.2 Å². The van der Waals surface area contributed by atoms with Crippen molar-refractivity contribution < 1.29 is 52.3 Å². The molecule has 0 spiro atoms. The van der Waals surface area contributed by atoms with Crippen LogP contribution in [0.5, 0.6) is 0 Å². The summed E-state index contributed by atoms with van der Waals surface area (Å²) in [4.78, 5) is 43.2. The van der Waals surface area contributed by atoms with Crippen molar-refractivity contribution in [1.29, 1.82) is 0 Å². The number of hydrogen-bond donors (Lipinski definition) is 0. The van der Waals surface area contributed by atoms with E-state index in [4.69, 9.17) is 37.9 Å². The Labute approximate surface area is 438 Å². The number of unbranched alkanes of at least 4 members (excludes halogenated alkanes) is 11. The van der Waals surface area contributed by atoms with E-state index in [-0.39, 0.29) is 46.0 Å². The van der Waals surface area contributed by atoms with Crippen LogP contribution in [-0.4, -0.2) is 85.6 Å². The third kappa shape index (κ3) is 18.4. The maximum absolute atomic E-state index is 14.5. The third-order valence-electron chi connectivity index (χ3n) is 13.8. The first-order valence-corrected chi connectivity index (χ1v) is 27.1. The van der Waals surface area contributed by atoms with Gasteiger partial charge in [-0.25, -0.2) is 14.4 Å². The van der Waals surface area contributed by atoms with Gasteiger partial charge in [0.2, 0.25) is 0 Å². The van der Waals surface area contributed by atoms with Gasteiger partial charge in [0.1, 0.15) is 31.0 Å². The zero-order chi connectivity index (χ0) is 51.4. The van der Waals surface area contributed by atoms with E-state index in [1.54, 1.807) is 29.2 Å². The zero-order valence-corrected chi connectivity index (χ0v) is 43.3. The summed E-state index contributed by atoms with van der Waals surface area (Å²) in [6, 6.07) is 47.0. The van der Waals surface area contributed by atoms with Gasteiger partial charge in [-0.05, 0) is 53.6 Å². The Hall–Kier alpha value is -6.05. The maximum Gasteiger partial charge on any atom is 0.509 e. The molecule has 0 saturated carbocycles. The average Bonchev–Trinajstić information content (AvgIpc) is 3.82. The molecule has 3 unspecified atom stereocenters. The molecule has 396 valence electrons.